The number of carbonyl (C=O) groups excluding carboxylic acids is 2. The standard InChI is InChI=1S/C21H25Cl2N3O4S/c1-4-19(21(28)24-2)25(13-15-10-11-16(22)12-18(15)23)20(27)14-26(31(3,29)30)17-8-6-5-7-9-17/h5-12,19H,4,13-14H2,1-3H3,(H,24,28)/t19-/m1/s1. The minimum atomic E-state index is -3.75. The van der Waals surface area contributed by atoms with Gasteiger partial charge in [0.2, 0.25) is 21.8 Å². The summed E-state index contributed by atoms with van der Waals surface area (Å²) in [5, 5.41) is 3.35. The Morgan fingerprint density at radius 3 is 2.26 bits per heavy atom. The van der Waals surface area contributed by atoms with Gasteiger partial charge in [0, 0.05) is 23.6 Å². The number of sulfonamides is 1. The van der Waals surface area contributed by atoms with E-state index in [0.29, 0.717) is 27.7 Å². The van der Waals surface area contributed by atoms with E-state index in [4.69, 9.17) is 23.2 Å². The van der Waals surface area contributed by atoms with Gasteiger partial charge in [-0.15, -0.1) is 0 Å². The largest absolute Gasteiger partial charge is 0.357 e. The van der Waals surface area contributed by atoms with Crippen molar-refractivity contribution < 1.29 is 18.0 Å². The first-order valence-corrected chi connectivity index (χ1v) is 12.2. The Labute approximate surface area is 193 Å². The molecule has 0 bridgehead atoms. The first kappa shape index (κ1) is 25.0. The molecule has 1 N–H and O–H groups in total. The van der Waals surface area contributed by atoms with E-state index >= 15 is 0 Å². The first-order valence-electron chi connectivity index (χ1n) is 9.56. The number of nitrogens with zero attached hydrogens (tertiary/aromatic N) is 2. The van der Waals surface area contributed by atoms with Gasteiger partial charge in [-0.25, -0.2) is 8.42 Å². The maximum absolute atomic E-state index is 13.3. The minimum absolute atomic E-state index is 0.0210. The average molecular weight is 486 g/mol. The number of halogens is 2. The van der Waals surface area contributed by atoms with Crippen LogP contribution in [-0.4, -0.2) is 51.0 Å². The highest BCUT2D eigenvalue weighted by atomic mass is 35.5. The molecule has 0 aromatic heterocycles. The van der Waals surface area contributed by atoms with Crippen molar-refractivity contribution in [1.82, 2.24) is 10.2 Å². The van der Waals surface area contributed by atoms with Gasteiger partial charge in [-0.1, -0.05) is 54.4 Å². The molecule has 0 saturated carbocycles. The van der Waals surface area contributed by atoms with Crippen molar-refractivity contribution in [2.75, 3.05) is 24.2 Å². The molecule has 0 aliphatic heterocycles. The molecule has 0 aliphatic rings. The van der Waals surface area contributed by atoms with E-state index in [0.717, 1.165) is 10.6 Å². The normalized spacial score (nSPS) is 12.2. The summed E-state index contributed by atoms with van der Waals surface area (Å²) in [6.45, 7) is 1.34. The highest BCUT2D eigenvalue weighted by molar-refractivity contribution is 7.92. The summed E-state index contributed by atoms with van der Waals surface area (Å²) in [4.78, 5) is 27.2. The van der Waals surface area contributed by atoms with E-state index in [1.165, 1.54) is 11.9 Å². The van der Waals surface area contributed by atoms with Crippen molar-refractivity contribution in [3.63, 3.8) is 0 Å². The number of rotatable bonds is 9. The topological polar surface area (TPSA) is 86.8 Å². The highest BCUT2D eigenvalue weighted by Crippen LogP contribution is 2.24. The van der Waals surface area contributed by atoms with Gasteiger partial charge in [0.25, 0.3) is 0 Å². The molecule has 0 unspecified atom stereocenters. The van der Waals surface area contributed by atoms with E-state index in [9.17, 15) is 18.0 Å². The number of hydrogen-bond acceptors (Lipinski definition) is 4. The monoisotopic (exact) mass is 485 g/mol. The zero-order valence-electron chi connectivity index (χ0n) is 17.5. The fourth-order valence-electron chi connectivity index (χ4n) is 3.13. The number of benzene rings is 2. The lowest BCUT2D eigenvalue weighted by atomic mass is 10.1. The number of likely N-dealkylation sites (N-methyl/N-ethyl adjacent to an activating group) is 1. The highest BCUT2D eigenvalue weighted by Gasteiger charge is 2.31. The molecule has 0 fully saturated rings. The van der Waals surface area contributed by atoms with Gasteiger partial charge in [-0.3, -0.25) is 13.9 Å². The third kappa shape index (κ3) is 6.59. The lowest BCUT2D eigenvalue weighted by Crippen LogP contribution is -2.51. The molecule has 0 saturated heterocycles. The second-order valence-corrected chi connectivity index (χ2v) is 9.65. The van der Waals surface area contributed by atoms with Gasteiger partial charge in [0.15, 0.2) is 0 Å². The Kier molecular flexibility index (Phi) is 8.73. The van der Waals surface area contributed by atoms with Crippen LogP contribution in [0.1, 0.15) is 18.9 Å². The smallest absolute Gasteiger partial charge is 0.244 e. The molecule has 7 nitrogen and oxygen atoms in total. The van der Waals surface area contributed by atoms with Crippen LogP contribution in [0.15, 0.2) is 48.5 Å². The maximum atomic E-state index is 13.3. The van der Waals surface area contributed by atoms with Gasteiger partial charge in [0.1, 0.15) is 12.6 Å². The van der Waals surface area contributed by atoms with E-state index < -0.39 is 28.5 Å². The van der Waals surface area contributed by atoms with E-state index in [1.54, 1.807) is 55.5 Å². The van der Waals surface area contributed by atoms with E-state index in [-0.39, 0.29) is 12.5 Å². The second-order valence-electron chi connectivity index (χ2n) is 6.90. The predicted molar refractivity (Wildman–Crippen MR) is 124 cm³/mol. The van der Waals surface area contributed by atoms with Gasteiger partial charge >= 0.3 is 0 Å². The van der Waals surface area contributed by atoms with Crippen LogP contribution < -0.4 is 9.62 Å². The van der Waals surface area contributed by atoms with Crippen LogP contribution in [0.25, 0.3) is 0 Å². The molecule has 2 aromatic carbocycles. The third-order valence-corrected chi connectivity index (χ3v) is 6.44. The Hall–Kier alpha value is -2.29. The molecule has 0 heterocycles. The fourth-order valence-corrected chi connectivity index (χ4v) is 4.45. The molecule has 1 atom stereocenters. The van der Waals surface area contributed by atoms with Crippen molar-refractivity contribution in [3.8, 4) is 0 Å². The molecule has 2 rings (SSSR count). The van der Waals surface area contributed by atoms with Gasteiger partial charge in [-0.05, 0) is 36.2 Å². The second kappa shape index (κ2) is 10.8. The zero-order chi connectivity index (χ0) is 23.2. The van der Waals surface area contributed by atoms with Crippen LogP contribution in [0.3, 0.4) is 0 Å². The van der Waals surface area contributed by atoms with Crippen LogP contribution in [0.5, 0.6) is 0 Å². The van der Waals surface area contributed by atoms with Crippen LogP contribution in [0, 0.1) is 0 Å². The number of nitrogens with one attached hydrogen (secondary N) is 1. The first-order chi connectivity index (χ1) is 14.6. The molecule has 0 spiro atoms. The molecular weight excluding hydrogens is 461 g/mol. The summed E-state index contributed by atoms with van der Waals surface area (Å²) >= 11 is 12.2. The van der Waals surface area contributed by atoms with E-state index in [1.807, 2.05) is 0 Å². The minimum Gasteiger partial charge on any atom is -0.357 e. The average Bonchev–Trinajstić information content (AvgIpc) is 2.72. The third-order valence-electron chi connectivity index (χ3n) is 4.71. The molecule has 2 aromatic rings. The summed E-state index contributed by atoms with van der Waals surface area (Å²) < 4.78 is 25.8. The van der Waals surface area contributed by atoms with Gasteiger partial charge in [-0.2, -0.15) is 0 Å². The Bertz CT molecular complexity index is 1030. The Balaban J connectivity index is 2.43. The fraction of sp³-hybridized carbons (Fsp3) is 0.333. The quantitative estimate of drug-likeness (QED) is 0.589. The van der Waals surface area contributed by atoms with Crippen LogP contribution in [0.4, 0.5) is 5.69 Å². The SMILES string of the molecule is CC[C@H](C(=O)NC)N(Cc1ccc(Cl)cc1Cl)C(=O)CN(c1ccccc1)S(C)(=O)=O. The lowest BCUT2D eigenvalue weighted by molar-refractivity contribution is -0.140. The molecule has 10 heteroatoms. The lowest BCUT2D eigenvalue weighted by Gasteiger charge is -2.32. The summed E-state index contributed by atoms with van der Waals surface area (Å²) in [5.74, 6) is -0.887. The Morgan fingerprint density at radius 1 is 1.10 bits per heavy atom. The molecule has 0 aliphatic carbocycles. The number of para-hydroxylation sites is 1. The van der Waals surface area contributed by atoms with Crippen LogP contribution in [-0.2, 0) is 26.2 Å². The van der Waals surface area contributed by atoms with Crippen LogP contribution >= 0.6 is 23.2 Å². The summed E-state index contributed by atoms with van der Waals surface area (Å²) in [7, 11) is -2.27. The van der Waals surface area contributed by atoms with Crippen molar-refractivity contribution >= 4 is 50.7 Å². The van der Waals surface area contributed by atoms with Crippen molar-refractivity contribution in [3.05, 3.63) is 64.1 Å². The van der Waals surface area contributed by atoms with Crippen LogP contribution in [0.2, 0.25) is 10.0 Å². The molecule has 0 radical (unpaired) electrons. The summed E-state index contributed by atoms with van der Waals surface area (Å²) in [6, 6.07) is 12.4. The maximum Gasteiger partial charge on any atom is 0.244 e. The summed E-state index contributed by atoms with van der Waals surface area (Å²) in [5.41, 5.74) is 0.947. The molecule has 168 valence electrons. The number of amides is 2. The number of anilines is 1. The van der Waals surface area contributed by atoms with E-state index in [2.05, 4.69) is 5.32 Å². The number of hydrogen-bond donors (Lipinski definition) is 1. The molecular formula is C21H25Cl2N3O4S. The van der Waals surface area contributed by atoms with Crippen molar-refractivity contribution in [2.45, 2.75) is 25.9 Å². The predicted octanol–water partition coefficient (Wildman–Crippen LogP) is 3.31. The molecule has 31 heavy (non-hydrogen) atoms. The van der Waals surface area contributed by atoms with Crippen molar-refractivity contribution in [1.29, 1.82) is 0 Å². The van der Waals surface area contributed by atoms with Gasteiger partial charge in [0.05, 0.1) is 11.9 Å². The zero-order valence-corrected chi connectivity index (χ0v) is 19.8. The molecule has 2 amide bonds. The van der Waals surface area contributed by atoms with Gasteiger partial charge < -0.3 is 10.2 Å². The Morgan fingerprint density at radius 2 is 1.74 bits per heavy atom. The van der Waals surface area contributed by atoms with Crippen molar-refractivity contribution in [2.24, 2.45) is 0 Å². The number of carbonyl (C=O) groups is 2. The summed E-state index contributed by atoms with van der Waals surface area (Å²) in [6.07, 6.45) is 1.37.